The van der Waals surface area contributed by atoms with Crippen molar-refractivity contribution in [1.82, 2.24) is 10.4 Å². The van der Waals surface area contributed by atoms with Gasteiger partial charge >= 0.3 is 0 Å². The number of thiophene rings is 1. The van der Waals surface area contributed by atoms with Gasteiger partial charge in [0.1, 0.15) is 12.4 Å². The van der Waals surface area contributed by atoms with Crippen molar-refractivity contribution in [3.05, 3.63) is 93.2 Å². The minimum absolute atomic E-state index is 0.00949. The van der Waals surface area contributed by atoms with E-state index in [2.05, 4.69) is 0 Å². The highest BCUT2D eigenvalue weighted by Crippen LogP contribution is 2.26. The first-order valence-electron chi connectivity index (χ1n) is 9.92. The van der Waals surface area contributed by atoms with Crippen molar-refractivity contribution in [3.63, 3.8) is 0 Å². The monoisotopic (exact) mass is 434 g/mol. The molecule has 2 heterocycles. The Morgan fingerprint density at radius 2 is 1.94 bits per heavy atom. The van der Waals surface area contributed by atoms with Gasteiger partial charge in [0.05, 0.1) is 4.88 Å². The van der Waals surface area contributed by atoms with Crippen molar-refractivity contribution in [3.8, 4) is 5.75 Å². The normalized spacial score (nSPS) is 13.1. The van der Waals surface area contributed by atoms with Gasteiger partial charge in [-0.1, -0.05) is 36.4 Å². The number of ether oxygens (including phenoxy) is 1. The van der Waals surface area contributed by atoms with E-state index in [9.17, 15) is 9.59 Å². The van der Waals surface area contributed by atoms with Crippen molar-refractivity contribution >= 4 is 29.2 Å². The maximum absolute atomic E-state index is 12.6. The van der Waals surface area contributed by atoms with Crippen LogP contribution >= 0.6 is 11.3 Å². The summed E-state index contributed by atoms with van der Waals surface area (Å²) >= 11 is 1.27. The van der Waals surface area contributed by atoms with Crippen LogP contribution in [0.25, 0.3) is 6.08 Å². The summed E-state index contributed by atoms with van der Waals surface area (Å²) in [5, 5.41) is 8.70. The summed E-state index contributed by atoms with van der Waals surface area (Å²) in [5.74, 6) is 0.238. The average molecular weight is 435 g/mol. The summed E-state index contributed by atoms with van der Waals surface area (Å²) in [5.41, 5.74) is 4.94. The molecule has 0 fully saturated rings. The second-order valence-electron chi connectivity index (χ2n) is 7.18. The van der Waals surface area contributed by atoms with E-state index in [1.54, 1.807) is 23.7 Å². The van der Waals surface area contributed by atoms with E-state index in [-0.39, 0.29) is 5.91 Å². The summed E-state index contributed by atoms with van der Waals surface area (Å²) in [6.07, 6.45) is 4.25. The first kappa shape index (κ1) is 20.8. The summed E-state index contributed by atoms with van der Waals surface area (Å²) in [7, 11) is 0. The van der Waals surface area contributed by atoms with Gasteiger partial charge in [0.25, 0.3) is 5.91 Å². The Bertz CT molecular complexity index is 1110. The molecule has 3 aromatic rings. The standard InChI is InChI=1S/C24H22N2O4S/c27-23(11-6-17-4-2-1-3-5-17)26-13-12-18-14-20(8-7-19(18)15-26)30-16-21-9-10-22(31-21)24(28)25-29/h1-11,14,29H,12-13,15-16H2,(H,25,28)/b11-6+. The molecule has 0 atom stereocenters. The van der Waals surface area contributed by atoms with Gasteiger partial charge < -0.3 is 9.64 Å². The molecule has 158 valence electrons. The fourth-order valence-electron chi connectivity index (χ4n) is 3.43. The van der Waals surface area contributed by atoms with Gasteiger partial charge in [0.15, 0.2) is 0 Å². The minimum atomic E-state index is -0.525. The number of hydrogen-bond acceptors (Lipinski definition) is 5. The van der Waals surface area contributed by atoms with Crippen LogP contribution in [0.5, 0.6) is 5.75 Å². The third-order valence-corrected chi connectivity index (χ3v) is 6.15. The predicted molar refractivity (Wildman–Crippen MR) is 119 cm³/mol. The van der Waals surface area contributed by atoms with Gasteiger partial charge in [0, 0.05) is 24.0 Å². The van der Waals surface area contributed by atoms with Gasteiger partial charge in [0.2, 0.25) is 5.91 Å². The Kier molecular flexibility index (Phi) is 6.45. The Morgan fingerprint density at radius 3 is 2.74 bits per heavy atom. The molecule has 0 unspecified atom stereocenters. The van der Waals surface area contributed by atoms with Gasteiger partial charge in [-0.2, -0.15) is 0 Å². The van der Waals surface area contributed by atoms with Crippen LogP contribution in [0, 0.1) is 0 Å². The van der Waals surface area contributed by atoms with Crippen LogP contribution in [0.3, 0.4) is 0 Å². The van der Waals surface area contributed by atoms with Gasteiger partial charge in [-0.25, -0.2) is 5.48 Å². The number of benzene rings is 2. The number of hydrogen-bond donors (Lipinski definition) is 2. The van der Waals surface area contributed by atoms with Gasteiger partial charge in [-0.05, 0) is 53.5 Å². The summed E-state index contributed by atoms with van der Waals surface area (Å²) < 4.78 is 5.87. The summed E-state index contributed by atoms with van der Waals surface area (Å²) in [6.45, 7) is 1.59. The lowest BCUT2D eigenvalue weighted by Crippen LogP contribution is -2.34. The zero-order valence-corrected chi connectivity index (χ0v) is 17.6. The molecule has 4 rings (SSSR count). The highest BCUT2D eigenvalue weighted by Gasteiger charge is 2.19. The van der Waals surface area contributed by atoms with Crippen molar-refractivity contribution in [2.45, 2.75) is 19.6 Å². The van der Waals surface area contributed by atoms with Crippen LogP contribution in [0.4, 0.5) is 0 Å². The number of nitrogens with zero attached hydrogens (tertiary/aromatic N) is 1. The number of nitrogens with one attached hydrogen (secondary N) is 1. The first-order valence-corrected chi connectivity index (χ1v) is 10.7. The highest BCUT2D eigenvalue weighted by molar-refractivity contribution is 7.14. The molecule has 0 aliphatic carbocycles. The Morgan fingerprint density at radius 1 is 1.10 bits per heavy atom. The molecule has 0 spiro atoms. The third kappa shape index (κ3) is 5.20. The Balaban J connectivity index is 1.35. The molecule has 0 saturated carbocycles. The minimum Gasteiger partial charge on any atom is -0.488 e. The Hall–Kier alpha value is -3.42. The summed E-state index contributed by atoms with van der Waals surface area (Å²) in [4.78, 5) is 27.1. The molecule has 0 saturated heterocycles. The van der Waals surface area contributed by atoms with Crippen LogP contribution in [0.2, 0.25) is 0 Å². The zero-order valence-electron chi connectivity index (χ0n) is 16.8. The topological polar surface area (TPSA) is 78.9 Å². The SMILES string of the molecule is O=C(NO)c1ccc(COc2ccc3c(c2)CCN(C(=O)/C=C/c2ccccc2)C3)s1. The summed E-state index contributed by atoms with van der Waals surface area (Å²) in [6, 6.07) is 19.2. The highest BCUT2D eigenvalue weighted by atomic mass is 32.1. The first-order chi connectivity index (χ1) is 15.1. The van der Waals surface area contributed by atoms with Crippen LogP contribution in [-0.2, 0) is 24.4 Å². The predicted octanol–water partition coefficient (Wildman–Crippen LogP) is 4.04. The molecular formula is C24H22N2O4S. The maximum Gasteiger partial charge on any atom is 0.284 e. The fourth-order valence-corrected chi connectivity index (χ4v) is 4.24. The number of fused-ring (bicyclic) bond motifs is 1. The van der Waals surface area contributed by atoms with Gasteiger partial charge in [-0.3, -0.25) is 14.8 Å². The number of rotatable bonds is 6. The van der Waals surface area contributed by atoms with E-state index >= 15 is 0 Å². The number of carbonyl (C=O) groups is 2. The zero-order chi connectivity index (χ0) is 21.6. The van der Waals surface area contributed by atoms with Gasteiger partial charge in [-0.15, -0.1) is 11.3 Å². The molecule has 1 aliphatic rings. The van der Waals surface area contributed by atoms with Crippen molar-refractivity contribution in [1.29, 1.82) is 0 Å². The molecule has 7 heteroatoms. The average Bonchev–Trinajstić information content (AvgIpc) is 3.30. The molecule has 6 nitrogen and oxygen atoms in total. The number of hydroxylamine groups is 1. The van der Waals surface area contributed by atoms with E-state index in [1.165, 1.54) is 16.9 Å². The third-order valence-electron chi connectivity index (χ3n) is 5.09. The lowest BCUT2D eigenvalue weighted by Gasteiger charge is -2.28. The van der Waals surface area contributed by atoms with E-state index < -0.39 is 5.91 Å². The number of carbonyl (C=O) groups excluding carboxylic acids is 2. The molecule has 0 bridgehead atoms. The Labute approximate surface area is 184 Å². The quantitative estimate of drug-likeness (QED) is 0.349. The van der Waals surface area contributed by atoms with E-state index in [4.69, 9.17) is 9.94 Å². The molecule has 2 aromatic carbocycles. The number of amides is 2. The molecule has 2 N–H and O–H groups in total. The fraction of sp³-hybridized carbons (Fsp3) is 0.167. The van der Waals surface area contributed by atoms with E-state index in [1.807, 2.05) is 59.5 Å². The van der Waals surface area contributed by atoms with Crippen LogP contribution in [0.1, 0.15) is 31.2 Å². The van der Waals surface area contributed by atoms with Crippen molar-refractivity contribution in [2.24, 2.45) is 0 Å². The van der Waals surface area contributed by atoms with E-state index in [0.717, 1.165) is 28.2 Å². The molecule has 2 amide bonds. The van der Waals surface area contributed by atoms with Crippen LogP contribution < -0.4 is 10.2 Å². The molecule has 0 radical (unpaired) electrons. The van der Waals surface area contributed by atoms with Crippen molar-refractivity contribution in [2.75, 3.05) is 6.54 Å². The van der Waals surface area contributed by atoms with Crippen LogP contribution in [-0.4, -0.2) is 28.5 Å². The van der Waals surface area contributed by atoms with Crippen LogP contribution in [0.15, 0.2) is 66.7 Å². The lowest BCUT2D eigenvalue weighted by molar-refractivity contribution is -0.126. The molecule has 1 aromatic heterocycles. The lowest BCUT2D eigenvalue weighted by atomic mass is 9.99. The second kappa shape index (κ2) is 9.59. The molecule has 31 heavy (non-hydrogen) atoms. The molecular weight excluding hydrogens is 412 g/mol. The van der Waals surface area contributed by atoms with E-state index in [0.29, 0.717) is 24.6 Å². The second-order valence-corrected chi connectivity index (χ2v) is 8.35. The van der Waals surface area contributed by atoms with Crippen molar-refractivity contribution < 1.29 is 19.5 Å². The smallest absolute Gasteiger partial charge is 0.284 e. The molecule has 1 aliphatic heterocycles. The largest absolute Gasteiger partial charge is 0.488 e. The maximum atomic E-state index is 12.6.